The van der Waals surface area contributed by atoms with Crippen LogP contribution in [0.2, 0.25) is 0 Å². The van der Waals surface area contributed by atoms with Crippen LogP contribution in [0.3, 0.4) is 0 Å². The molecule has 78 valence electrons. The van der Waals surface area contributed by atoms with E-state index in [1.165, 1.54) is 5.56 Å². The van der Waals surface area contributed by atoms with Gasteiger partial charge in [-0.05, 0) is 18.9 Å². The van der Waals surface area contributed by atoms with E-state index < -0.39 is 0 Å². The second-order valence-electron chi connectivity index (χ2n) is 3.30. The van der Waals surface area contributed by atoms with Gasteiger partial charge in [0.05, 0.1) is 6.10 Å². The average Bonchev–Trinajstić information content (AvgIpc) is 2.26. The lowest BCUT2D eigenvalue weighted by Crippen LogP contribution is -2.14. The smallest absolute Gasteiger partial charge is 0.123 e. The van der Waals surface area contributed by atoms with Gasteiger partial charge >= 0.3 is 0 Å². The van der Waals surface area contributed by atoms with Gasteiger partial charge in [-0.15, -0.1) is 0 Å². The first-order valence-electron chi connectivity index (χ1n) is 5.12. The second kappa shape index (κ2) is 6.07. The quantitative estimate of drug-likeness (QED) is 0.720. The van der Waals surface area contributed by atoms with Gasteiger partial charge < -0.3 is 4.74 Å². The van der Waals surface area contributed by atoms with Crippen LogP contribution in [0, 0.1) is 0 Å². The van der Waals surface area contributed by atoms with Crippen LogP contribution in [-0.2, 0) is 5.33 Å². The maximum Gasteiger partial charge on any atom is 0.123 e. The summed E-state index contributed by atoms with van der Waals surface area (Å²) in [5, 5.41) is 0.851. The highest BCUT2D eigenvalue weighted by Gasteiger charge is 2.07. The van der Waals surface area contributed by atoms with Crippen molar-refractivity contribution in [1.29, 1.82) is 0 Å². The summed E-state index contributed by atoms with van der Waals surface area (Å²) in [7, 11) is 0. The highest BCUT2D eigenvalue weighted by molar-refractivity contribution is 9.08. The number of alkyl halides is 1. The Morgan fingerprint density at radius 3 is 2.43 bits per heavy atom. The van der Waals surface area contributed by atoms with Crippen LogP contribution in [0.5, 0.6) is 5.75 Å². The number of rotatable bonds is 5. The predicted molar refractivity (Wildman–Crippen MR) is 64.1 cm³/mol. The SMILES string of the molecule is CCC(CC)Oc1ccccc1CBr. The fourth-order valence-electron chi connectivity index (χ4n) is 1.36. The summed E-state index contributed by atoms with van der Waals surface area (Å²) < 4.78 is 5.90. The van der Waals surface area contributed by atoms with Gasteiger partial charge in [-0.3, -0.25) is 0 Å². The summed E-state index contributed by atoms with van der Waals surface area (Å²) in [6, 6.07) is 8.18. The summed E-state index contributed by atoms with van der Waals surface area (Å²) in [6.45, 7) is 4.32. The van der Waals surface area contributed by atoms with Gasteiger partial charge in [0.15, 0.2) is 0 Å². The minimum absolute atomic E-state index is 0.343. The van der Waals surface area contributed by atoms with Crippen molar-refractivity contribution in [2.45, 2.75) is 38.1 Å². The van der Waals surface area contributed by atoms with Crippen LogP contribution in [-0.4, -0.2) is 6.10 Å². The third-order valence-electron chi connectivity index (χ3n) is 2.32. The first kappa shape index (κ1) is 11.6. The first-order valence-corrected chi connectivity index (χ1v) is 6.24. The molecule has 0 bridgehead atoms. The van der Waals surface area contributed by atoms with Crippen molar-refractivity contribution in [3.8, 4) is 5.75 Å². The molecule has 0 amide bonds. The lowest BCUT2D eigenvalue weighted by molar-refractivity contribution is 0.191. The van der Waals surface area contributed by atoms with E-state index in [0.29, 0.717) is 6.10 Å². The van der Waals surface area contributed by atoms with Crippen LogP contribution in [0.25, 0.3) is 0 Å². The molecule has 14 heavy (non-hydrogen) atoms. The minimum atomic E-state index is 0.343. The third-order valence-corrected chi connectivity index (χ3v) is 2.93. The Kier molecular flexibility index (Phi) is 5.02. The van der Waals surface area contributed by atoms with E-state index in [-0.39, 0.29) is 0 Å². The molecule has 1 aromatic carbocycles. The summed E-state index contributed by atoms with van der Waals surface area (Å²) in [4.78, 5) is 0. The highest BCUT2D eigenvalue weighted by atomic mass is 79.9. The molecule has 0 aromatic heterocycles. The molecule has 0 spiro atoms. The summed E-state index contributed by atoms with van der Waals surface area (Å²) >= 11 is 3.46. The van der Waals surface area contributed by atoms with Gasteiger partial charge in [-0.2, -0.15) is 0 Å². The molecule has 0 saturated heterocycles. The van der Waals surface area contributed by atoms with Gasteiger partial charge in [0, 0.05) is 10.9 Å². The van der Waals surface area contributed by atoms with Crippen molar-refractivity contribution in [3.63, 3.8) is 0 Å². The fourth-order valence-corrected chi connectivity index (χ4v) is 1.83. The largest absolute Gasteiger partial charge is 0.490 e. The van der Waals surface area contributed by atoms with Gasteiger partial charge in [0.25, 0.3) is 0 Å². The molecule has 1 rings (SSSR count). The zero-order valence-corrected chi connectivity index (χ0v) is 10.4. The van der Waals surface area contributed by atoms with Crippen LogP contribution in [0.4, 0.5) is 0 Å². The van der Waals surface area contributed by atoms with Crippen molar-refractivity contribution in [2.75, 3.05) is 0 Å². The molecule has 0 aliphatic carbocycles. The average molecular weight is 257 g/mol. The Balaban J connectivity index is 2.74. The molecular weight excluding hydrogens is 240 g/mol. The third kappa shape index (κ3) is 3.02. The van der Waals surface area contributed by atoms with E-state index in [4.69, 9.17) is 4.74 Å². The van der Waals surface area contributed by atoms with Crippen molar-refractivity contribution < 1.29 is 4.74 Å². The summed E-state index contributed by atoms with van der Waals surface area (Å²) in [5.41, 5.74) is 1.22. The van der Waals surface area contributed by atoms with Crippen LogP contribution >= 0.6 is 15.9 Å². The number of halogens is 1. The fraction of sp³-hybridized carbons (Fsp3) is 0.500. The standard InChI is InChI=1S/C12H17BrO/c1-3-11(4-2)14-12-8-6-5-7-10(12)9-13/h5-8,11H,3-4,9H2,1-2H3. The topological polar surface area (TPSA) is 9.23 Å². The molecule has 0 atom stereocenters. The van der Waals surface area contributed by atoms with E-state index >= 15 is 0 Å². The van der Waals surface area contributed by atoms with Crippen LogP contribution in [0.1, 0.15) is 32.3 Å². The number of benzene rings is 1. The monoisotopic (exact) mass is 256 g/mol. The lowest BCUT2D eigenvalue weighted by atomic mass is 10.2. The van der Waals surface area contributed by atoms with Crippen molar-refractivity contribution in [3.05, 3.63) is 29.8 Å². The number of hydrogen-bond donors (Lipinski definition) is 0. The molecule has 1 aromatic rings. The van der Waals surface area contributed by atoms with Crippen LogP contribution < -0.4 is 4.74 Å². The zero-order valence-electron chi connectivity index (χ0n) is 8.79. The molecule has 0 heterocycles. The number of hydrogen-bond acceptors (Lipinski definition) is 1. The van der Waals surface area contributed by atoms with Gasteiger partial charge in [-0.1, -0.05) is 48.0 Å². The van der Waals surface area contributed by atoms with Crippen molar-refractivity contribution >= 4 is 15.9 Å². The van der Waals surface area contributed by atoms with Gasteiger partial charge in [0.1, 0.15) is 5.75 Å². The minimum Gasteiger partial charge on any atom is -0.490 e. The normalized spacial score (nSPS) is 10.6. The zero-order chi connectivity index (χ0) is 10.4. The molecule has 0 radical (unpaired) electrons. The van der Waals surface area contributed by atoms with E-state index in [2.05, 4.69) is 35.8 Å². The maximum atomic E-state index is 5.90. The molecule has 0 aliphatic heterocycles. The lowest BCUT2D eigenvalue weighted by Gasteiger charge is -2.17. The Labute approximate surface area is 94.6 Å². The van der Waals surface area contributed by atoms with Crippen LogP contribution in [0.15, 0.2) is 24.3 Å². The molecule has 0 saturated carbocycles. The Morgan fingerprint density at radius 2 is 1.86 bits per heavy atom. The molecule has 0 N–H and O–H groups in total. The van der Waals surface area contributed by atoms with E-state index in [0.717, 1.165) is 23.9 Å². The van der Waals surface area contributed by atoms with E-state index in [9.17, 15) is 0 Å². The summed E-state index contributed by atoms with van der Waals surface area (Å²) in [6.07, 6.45) is 2.47. The molecule has 0 fully saturated rings. The predicted octanol–water partition coefficient (Wildman–Crippen LogP) is 4.15. The number of ether oxygens (including phenoxy) is 1. The van der Waals surface area contributed by atoms with E-state index in [1.54, 1.807) is 0 Å². The van der Waals surface area contributed by atoms with Gasteiger partial charge in [0.2, 0.25) is 0 Å². The maximum absolute atomic E-state index is 5.90. The summed E-state index contributed by atoms with van der Waals surface area (Å²) in [5.74, 6) is 1.01. The first-order chi connectivity index (χ1) is 6.81. The Hall–Kier alpha value is -0.500. The molecule has 2 heteroatoms. The Morgan fingerprint density at radius 1 is 1.21 bits per heavy atom. The van der Waals surface area contributed by atoms with Crippen molar-refractivity contribution in [2.24, 2.45) is 0 Å². The molecule has 0 aliphatic rings. The molecular formula is C12H17BrO. The highest BCUT2D eigenvalue weighted by Crippen LogP contribution is 2.22. The van der Waals surface area contributed by atoms with Gasteiger partial charge in [-0.25, -0.2) is 0 Å². The Bertz CT molecular complexity index is 269. The number of para-hydroxylation sites is 1. The second-order valence-corrected chi connectivity index (χ2v) is 3.86. The molecule has 0 unspecified atom stereocenters. The van der Waals surface area contributed by atoms with E-state index in [1.807, 2.05) is 18.2 Å². The molecule has 1 nitrogen and oxygen atoms in total. The van der Waals surface area contributed by atoms with Crippen molar-refractivity contribution in [1.82, 2.24) is 0 Å².